The van der Waals surface area contributed by atoms with E-state index in [9.17, 15) is 14.9 Å². The van der Waals surface area contributed by atoms with Crippen LogP contribution in [0.2, 0.25) is 15.1 Å². The summed E-state index contributed by atoms with van der Waals surface area (Å²) in [6.07, 6.45) is 0. The highest BCUT2D eigenvalue weighted by atomic mass is 35.5. The van der Waals surface area contributed by atoms with Crippen molar-refractivity contribution in [2.75, 3.05) is 0 Å². The molecular weight excluding hydrogens is 278 g/mol. The van der Waals surface area contributed by atoms with Gasteiger partial charge in [0.05, 0.1) is 16.5 Å². The molecule has 1 aromatic carbocycles. The Hall–Kier alpha value is -1.35. The van der Waals surface area contributed by atoms with E-state index < -0.39 is 21.5 Å². The minimum atomic E-state index is -1.04. The Kier molecular flexibility index (Phi) is 3.70. The lowest BCUT2D eigenvalue weighted by Gasteiger charge is -2.03. The molecule has 0 aliphatic rings. The van der Waals surface area contributed by atoms with Crippen LogP contribution >= 0.6 is 34.8 Å². The molecule has 0 aromatic heterocycles. The van der Waals surface area contributed by atoms with E-state index in [-0.39, 0.29) is 15.6 Å². The van der Waals surface area contributed by atoms with Crippen LogP contribution in [0.3, 0.4) is 0 Å². The molecule has 1 amide bonds. The second-order valence-electron chi connectivity index (χ2n) is 2.56. The molecule has 0 atom stereocenters. The molecule has 0 N–H and O–H groups in total. The van der Waals surface area contributed by atoms with E-state index in [2.05, 4.69) is 4.85 Å². The van der Waals surface area contributed by atoms with Crippen molar-refractivity contribution in [2.24, 2.45) is 0 Å². The van der Waals surface area contributed by atoms with E-state index in [1.165, 1.54) is 0 Å². The molecule has 0 saturated heterocycles. The van der Waals surface area contributed by atoms with Crippen LogP contribution in [0.1, 0.15) is 10.4 Å². The summed E-state index contributed by atoms with van der Waals surface area (Å²) in [5.74, 6) is -1.04. The molecule has 0 unspecified atom stereocenters. The van der Waals surface area contributed by atoms with E-state index in [1.807, 2.05) is 0 Å². The highest BCUT2D eigenvalue weighted by molar-refractivity contribution is 6.46. The highest BCUT2D eigenvalue weighted by Crippen LogP contribution is 2.40. The first-order chi connectivity index (χ1) is 7.40. The summed E-state index contributed by atoms with van der Waals surface area (Å²) in [5.41, 5.74) is -1.01. The second kappa shape index (κ2) is 4.66. The second-order valence-corrected chi connectivity index (χ2v) is 3.72. The predicted molar refractivity (Wildman–Crippen MR) is 59.1 cm³/mol. The number of carbonyl (C=O) groups is 1. The van der Waals surface area contributed by atoms with Crippen LogP contribution in [0.4, 0.5) is 5.69 Å². The van der Waals surface area contributed by atoms with Crippen LogP contribution in [0.15, 0.2) is 6.07 Å². The van der Waals surface area contributed by atoms with Crippen LogP contribution in [-0.2, 0) is 0 Å². The van der Waals surface area contributed by atoms with Crippen molar-refractivity contribution in [2.45, 2.75) is 0 Å². The van der Waals surface area contributed by atoms with Gasteiger partial charge in [-0.3, -0.25) is 10.1 Å². The van der Waals surface area contributed by atoms with Gasteiger partial charge in [-0.2, -0.15) is 4.85 Å². The van der Waals surface area contributed by atoms with Crippen molar-refractivity contribution in [1.82, 2.24) is 0 Å². The van der Waals surface area contributed by atoms with Crippen molar-refractivity contribution in [3.63, 3.8) is 0 Å². The number of hydrogen-bond donors (Lipinski definition) is 0. The minimum absolute atomic E-state index is 0.204. The number of benzene rings is 1. The molecule has 5 nitrogen and oxygen atoms in total. The third kappa shape index (κ3) is 2.09. The molecule has 8 heteroatoms. The smallest absolute Gasteiger partial charge is 0.310 e. The summed E-state index contributed by atoms with van der Waals surface area (Å²) >= 11 is 16.8. The van der Waals surface area contributed by atoms with Gasteiger partial charge in [-0.15, -0.1) is 0 Å². The lowest BCUT2D eigenvalue weighted by atomic mass is 10.2. The fourth-order valence-electron chi connectivity index (χ4n) is 0.967. The van der Waals surface area contributed by atoms with Gasteiger partial charge in [0, 0.05) is 5.56 Å². The van der Waals surface area contributed by atoms with Crippen molar-refractivity contribution in [1.29, 1.82) is 0 Å². The summed E-state index contributed by atoms with van der Waals surface area (Å²) in [4.78, 5) is 23.5. The quantitative estimate of drug-likeness (QED) is 0.359. The minimum Gasteiger partial charge on any atom is -0.310 e. The SMILES string of the molecule is [C-]#[N+]C(=O)c1cc(Cl)c(Cl)c([N+](=O)[O-])c1Cl. The number of rotatable bonds is 2. The Morgan fingerprint density at radius 3 is 2.38 bits per heavy atom. The lowest BCUT2D eigenvalue weighted by Crippen LogP contribution is -1.99. The third-order valence-electron chi connectivity index (χ3n) is 1.65. The Bertz CT molecular complexity index is 536. The van der Waals surface area contributed by atoms with Crippen molar-refractivity contribution in [3.05, 3.63) is 48.2 Å². The number of nitrogens with zero attached hydrogens (tertiary/aromatic N) is 2. The molecule has 1 rings (SSSR count). The number of carbonyl (C=O) groups excluding carboxylic acids is 1. The van der Waals surface area contributed by atoms with Crippen LogP contribution in [0, 0.1) is 16.7 Å². The first kappa shape index (κ1) is 12.7. The average Bonchev–Trinajstić information content (AvgIpc) is 2.22. The first-order valence-corrected chi connectivity index (χ1v) is 4.77. The number of nitro groups is 1. The zero-order chi connectivity index (χ0) is 12.5. The van der Waals surface area contributed by atoms with Gasteiger partial charge in [0.2, 0.25) is 0 Å². The molecule has 0 saturated carbocycles. The largest absolute Gasteiger partial charge is 0.387 e. The number of halogens is 3. The van der Waals surface area contributed by atoms with Crippen LogP contribution < -0.4 is 0 Å². The molecule has 82 valence electrons. The van der Waals surface area contributed by atoms with Crippen molar-refractivity contribution >= 4 is 46.4 Å². The number of hydrogen-bond acceptors (Lipinski definition) is 3. The summed E-state index contributed by atoms with van der Waals surface area (Å²) in [7, 11) is 0. The summed E-state index contributed by atoms with van der Waals surface area (Å²) in [5, 5.41) is 9.59. The third-order valence-corrected chi connectivity index (χ3v) is 2.81. The summed E-state index contributed by atoms with van der Waals surface area (Å²) < 4.78 is 0. The zero-order valence-electron chi connectivity index (χ0n) is 7.33. The Labute approximate surface area is 104 Å². The molecule has 0 bridgehead atoms. The fourth-order valence-corrected chi connectivity index (χ4v) is 1.73. The zero-order valence-corrected chi connectivity index (χ0v) is 9.60. The van der Waals surface area contributed by atoms with E-state index in [1.54, 1.807) is 0 Å². The average molecular weight is 279 g/mol. The number of nitro benzene ring substituents is 1. The van der Waals surface area contributed by atoms with Crippen LogP contribution in [0.5, 0.6) is 0 Å². The van der Waals surface area contributed by atoms with Crippen molar-refractivity contribution < 1.29 is 9.72 Å². The molecule has 0 radical (unpaired) electrons. The highest BCUT2D eigenvalue weighted by Gasteiger charge is 2.26. The van der Waals surface area contributed by atoms with Gasteiger partial charge in [-0.25, -0.2) is 0 Å². The van der Waals surface area contributed by atoms with Gasteiger partial charge < -0.3 is 4.79 Å². The standard InChI is InChI=1S/C8HCl3N2O3/c1-12-8(14)3-2-4(9)6(11)7(5(3)10)13(15)16/h2H. The fraction of sp³-hybridized carbons (Fsp3) is 0. The molecule has 1 aromatic rings. The van der Waals surface area contributed by atoms with E-state index >= 15 is 0 Å². The molecule has 16 heavy (non-hydrogen) atoms. The number of amides is 1. The molecule has 0 aliphatic carbocycles. The molecule has 0 heterocycles. The Morgan fingerprint density at radius 1 is 1.38 bits per heavy atom. The van der Waals surface area contributed by atoms with E-state index in [4.69, 9.17) is 41.4 Å². The van der Waals surface area contributed by atoms with Gasteiger partial charge in [-0.05, 0) is 6.07 Å². The topological polar surface area (TPSA) is 64.6 Å². The molecule has 0 aliphatic heterocycles. The van der Waals surface area contributed by atoms with Gasteiger partial charge in [0.25, 0.3) is 0 Å². The maximum absolute atomic E-state index is 11.1. The van der Waals surface area contributed by atoms with Gasteiger partial charge in [0.15, 0.2) is 0 Å². The Balaban J connectivity index is 3.65. The predicted octanol–water partition coefficient (Wildman–Crippen LogP) is 3.61. The van der Waals surface area contributed by atoms with E-state index in [0.29, 0.717) is 0 Å². The lowest BCUT2D eigenvalue weighted by molar-refractivity contribution is -0.384. The maximum Gasteiger partial charge on any atom is 0.387 e. The Morgan fingerprint density at radius 2 is 1.94 bits per heavy atom. The maximum atomic E-state index is 11.1. The summed E-state index contributed by atoms with van der Waals surface area (Å²) in [6.45, 7) is 6.52. The molecule has 0 spiro atoms. The van der Waals surface area contributed by atoms with Gasteiger partial charge >= 0.3 is 11.6 Å². The van der Waals surface area contributed by atoms with Crippen LogP contribution in [0.25, 0.3) is 4.85 Å². The normalized spacial score (nSPS) is 9.62. The molecule has 0 fully saturated rings. The van der Waals surface area contributed by atoms with Gasteiger partial charge in [-0.1, -0.05) is 34.8 Å². The van der Waals surface area contributed by atoms with E-state index in [0.717, 1.165) is 6.07 Å². The van der Waals surface area contributed by atoms with Crippen molar-refractivity contribution in [3.8, 4) is 0 Å². The molecular formula is C8HCl3N2O3. The first-order valence-electron chi connectivity index (χ1n) is 3.63. The summed E-state index contributed by atoms with van der Waals surface area (Å²) in [6, 6.07) is 1.03. The monoisotopic (exact) mass is 278 g/mol. The van der Waals surface area contributed by atoms with Crippen LogP contribution in [-0.4, -0.2) is 10.8 Å². The van der Waals surface area contributed by atoms with Gasteiger partial charge in [0.1, 0.15) is 10.0 Å².